The first-order chi connectivity index (χ1) is 9.09. The summed E-state index contributed by atoms with van der Waals surface area (Å²) in [6.45, 7) is 3.39. The van der Waals surface area contributed by atoms with Crippen LogP contribution in [0.5, 0.6) is 0 Å². The third-order valence-electron chi connectivity index (χ3n) is 3.46. The molecule has 1 amide bonds. The highest BCUT2D eigenvalue weighted by Gasteiger charge is 2.24. The molecule has 2 atom stereocenters. The van der Waals surface area contributed by atoms with Gasteiger partial charge in [-0.05, 0) is 38.4 Å². The van der Waals surface area contributed by atoms with E-state index in [4.69, 9.17) is 11.6 Å². The molecular weight excluding hydrogens is 267 g/mol. The molecule has 1 aromatic rings. The number of rotatable bonds is 3. The molecule has 2 N–H and O–H groups in total. The van der Waals surface area contributed by atoms with Gasteiger partial charge in [-0.15, -0.1) is 0 Å². The lowest BCUT2D eigenvalue weighted by Gasteiger charge is -2.24. The van der Waals surface area contributed by atoms with Crippen LogP contribution in [0.25, 0.3) is 0 Å². The van der Waals surface area contributed by atoms with Gasteiger partial charge in [-0.1, -0.05) is 17.7 Å². The van der Waals surface area contributed by atoms with Gasteiger partial charge in [0.05, 0.1) is 12.0 Å². The number of amides is 1. The van der Waals surface area contributed by atoms with Gasteiger partial charge in [0, 0.05) is 17.1 Å². The van der Waals surface area contributed by atoms with E-state index in [1.807, 2.05) is 0 Å². The molecule has 5 heteroatoms. The van der Waals surface area contributed by atoms with Gasteiger partial charge in [0.2, 0.25) is 5.91 Å². The van der Waals surface area contributed by atoms with Gasteiger partial charge in [-0.3, -0.25) is 4.79 Å². The van der Waals surface area contributed by atoms with Crippen LogP contribution < -0.4 is 10.6 Å². The molecule has 2 rings (SSSR count). The van der Waals surface area contributed by atoms with Crippen molar-refractivity contribution < 1.29 is 9.18 Å². The standard InChI is InChI=1S/C14H18ClFN2O/c1-9(13-11(15)5-2-6-12(13)16)18-14(19)10-4-3-7-17-8-10/h2,5-6,9-10,17H,3-4,7-8H2,1H3,(H,18,19). The Kier molecular flexibility index (Phi) is 4.77. The summed E-state index contributed by atoms with van der Waals surface area (Å²) in [5, 5.41) is 6.38. The molecule has 0 aliphatic carbocycles. The third-order valence-corrected chi connectivity index (χ3v) is 3.79. The Bertz CT molecular complexity index is 441. The Morgan fingerprint density at radius 2 is 2.37 bits per heavy atom. The van der Waals surface area contributed by atoms with E-state index in [1.165, 1.54) is 6.07 Å². The molecule has 19 heavy (non-hydrogen) atoms. The highest BCUT2D eigenvalue weighted by atomic mass is 35.5. The summed E-state index contributed by atoms with van der Waals surface area (Å²) in [5.74, 6) is -0.470. The van der Waals surface area contributed by atoms with Crippen molar-refractivity contribution in [2.45, 2.75) is 25.8 Å². The van der Waals surface area contributed by atoms with Gasteiger partial charge in [0.15, 0.2) is 0 Å². The molecular formula is C14H18ClFN2O. The lowest BCUT2D eigenvalue weighted by atomic mass is 9.98. The number of piperidine rings is 1. The zero-order valence-electron chi connectivity index (χ0n) is 10.9. The molecule has 104 valence electrons. The maximum Gasteiger partial charge on any atom is 0.224 e. The van der Waals surface area contributed by atoms with Crippen molar-refractivity contribution in [3.05, 3.63) is 34.6 Å². The third kappa shape index (κ3) is 3.45. The number of halogens is 2. The molecule has 0 radical (unpaired) electrons. The van der Waals surface area contributed by atoms with Crippen LogP contribution in [0.1, 0.15) is 31.4 Å². The van der Waals surface area contributed by atoms with E-state index in [1.54, 1.807) is 19.1 Å². The van der Waals surface area contributed by atoms with Crippen molar-refractivity contribution >= 4 is 17.5 Å². The predicted molar refractivity (Wildman–Crippen MR) is 73.6 cm³/mol. The van der Waals surface area contributed by atoms with Crippen LogP contribution in [-0.2, 0) is 4.79 Å². The Morgan fingerprint density at radius 1 is 1.58 bits per heavy atom. The van der Waals surface area contributed by atoms with E-state index in [0.29, 0.717) is 17.1 Å². The molecule has 1 aliphatic rings. The second kappa shape index (κ2) is 6.35. The van der Waals surface area contributed by atoms with Crippen molar-refractivity contribution in [1.82, 2.24) is 10.6 Å². The average molecular weight is 285 g/mol. The van der Waals surface area contributed by atoms with E-state index < -0.39 is 6.04 Å². The number of carbonyl (C=O) groups excluding carboxylic acids is 1. The SMILES string of the molecule is CC(NC(=O)C1CCCNC1)c1c(F)cccc1Cl. The Morgan fingerprint density at radius 3 is 3.00 bits per heavy atom. The molecule has 1 heterocycles. The molecule has 0 bridgehead atoms. The van der Waals surface area contributed by atoms with E-state index in [0.717, 1.165) is 19.4 Å². The Labute approximate surface area is 117 Å². The zero-order chi connectivity index (χ0) is 13.8. The maximum atomic E-state index is 13.7. The minimum Gasteiger partial charge on any atom is -0.349 e. The monoisotopic (exact) mass is 284 g/mol. The molecule has 1 aliphatic heterocycles. The van der Waals surface area contributed by atoms with Gasteiger partial charge in [0.25, 0.3) is 0 Å². The highest BCUT2D eigenvalue weighted by molar-refractivity contribution is 6.31. The molecule has 0 saturated carbocycles. The minimum absolute atomic E-state index is 0.0400. The van der Waals surface area contributed by atoms with Gasteiger partial charge in [-0.2, -0.15) is 0 Å². The van der Waals surface area contributed by atoms with Gasteiger partial charge < -0.3 is 10.6 Å². The number of nitrogens with one attached hydrogen (secondary N) is 2. The number of hydrogen-bond donors (Lipinski definition) is 2. The Hall–Kier alpha value is -1.13. The van der Waals surface area contributed by atoms with Crippen molar-refractivity contribution in [2.75, 3.05) is 13.1 Å². The summed E-state index contributed by atoms with van der Waals surface area (Å²) < 4.78 is 13.7. The smallest absolute Gasteiger partial charge is 0.224 e. The molecule has 1 aromatic carbocycles. The molecule has 0 spiro atoms. The Balaban J connectivity index is 2.04. The summed E-state index contributed by atoms with van der Waals surface area (Å²) in [7, 11) is 0. The van der Waals surface area contributed by atoms with Gasteiger partial charge in [0.1, 0.15) is 5.82 Å². The highest BCUT2D eigenvalue weighted by Crippen LogP contribution is 2.26. The largest absolute Gasteiger partial charge is 0.349 e. The van der Waals surface area contributed by atoms with Crippen LogP contribution in [0.3, 0.4) is 0 Å². The van der Waals surface area contributed by atoms with Crippen molar-refractivity contribution in [2.24, 2.45) is 5.92 Å². The zero-order valence-corrected chi connectivity index (χ0v) is 11.6. The first kappa shape index (κ1) is 14.3. The lowest BCUT2D eigenvalue weighted by Crippen LogP contribution is -2.41. The first-order valence-corrected chi connectivity index (χ1v) is 6.92. The minimum atomic E-state index is -0.428. The van der Waals surface area contributed by atoms with E-state index >= 15 is 0 Å². The van der Waals surface area contributed by atoms with Gasteiger partial charge >= 0.3 is 0 Å². The van der Waals surface area contributed by atoms with Crippen LogP contribution in [0.2, 0.25) is 5.02 Å². The number of benzene rings is 1. The van der Waals surface area contributed by atoms with Gasteiger partial charge in [-0.25, -0.2) is 4.39 Å². The fourth-order valence-corrected chi connectivity index (χ4v) is 2.73. The quantitative estimate of drug-likeness (QED) is 0.896. The fraction of sp³-hybridized carbons (Fsp3) is 0.500. The van der Waals surface area contributed by atoms with Crippen LogP contribution >= 0.6 is 11.6 Å². The molecule has 3 nitrogen and oxygen atoms in total. The van der Waals surface area contributed by atoms with E-state index in [9.17, 15) is 9.18 Å². The van der Waals surface area contributed by atoms with Crippen molar-refractivity contribution in [3.8, 4) is 0 Å². The van der Waals surface area contributed by atoms with Crippen LogP contribution in [0.15, 0.2) is 18.2 Å². The van der Waals surface area contributed by atoms with Crippen molar-refractivity contribution in [3.63, 3.8) is 0 Å². The number of carbonyl (C=O) groups is 1. The lowest BCUT2D eigenvalue weighted by molar-refractivity contribution is -0.126. The topological polar surface area (TPSA) is 41.1 Å². The van der Waals surface area contributed by atoms with Crippen molar-refractivity contribution in [1.29, 1.82) is 0 Å². The van der Waals surface area contributed by atoms with Crippen LogP contribution in [0, 0.1) is 11.7 Å². The number of hydrogen-bond acceptors (Lipinski definition) is 2. The molecule has 1 fully saturated rings. The van der Waals surface area contributed by atoms with Crippen LogP contribution in [0.4, 0.5) is 4.39 Å². The summed E-state index contributed by atoms with van der Waals surface area (Å²) in [4.78, 5) is 12.1. The summed E-state index contributed by atoms with van der Waals surface area (Å²) >= 11 is 5.99. The molecule has 1 saturated heterocycles. The fourth-order valence-electron chi connectivity index (χ4n) is 2.40. The first-order valence-electron chi connectivity index (χ1n) is 6.54. The van der Waals surface area contributed by atoms with E-state index in [2.05, 4.69) is 10.6 Å². The summed E-state index contributed by atoms with van der Waals surface area (Å²) in [6, 6.07) is 4.11. The summed E-state index contributed by atoms with van der Waals surface area (Å²) in [6.07, 6.45) is 1.86. The molecule has 0 aromatic heterocycles. The second-order valence-electron chi connectivity index (χ2n) is 4.91. The molecule has 2 unspecified atom stereocenters. The maximum absolute atomic E-state index is 13.7. The second-order valence-corrected chi connectivity index (χ2v) is 5.32. The normalized spacial score (nSPS) is 20.9. The van der Waals surface area contributed by atoms with E-state index in [-0.39, 0.29) is 17.6 Å². The average Bonchev–Trinajstić information content (AvgIpc) is 2.39. The van der Waals surface area contributed by atoms with Crippen LogP contribution in [-0.4, -0.2) is 19.0 Å². The predicted octanol–water partition coefficient (Wildman–Crippen LogP) is 2.66. The summed E-state index contributed by atoms with van der Waals surface area (Å²) in [5.41, 5.74) is 0.348.